The molecule has 0 aliphatic rings. The van der Waals surface area contributed by atoms with Crippen LogP contribution in [-0.2, 0) is 10.0 Å². The fraction of sp³-hybridized carbons (Fsp3) is 0.857. The van der Waals surface area contributed by atoms with Gasteiger partial charge in [-0.3, -0.25) is 5.41 Å². The van der Waals surface area contributed by atoms with E-state index in [4.69, 9.17) is 11.1 Å². The molecule has 0 rings (SSSR count). The summed E-state index contributed by atoms with van der Waals surface area (Å²) in [5.74, 6) is 0.0804. The van der Waals surface area contributed by atoms with Gasteiger partial charge in [0.2, 0.25) is 10.0 Å². The smallest absolute Gasteiger partial charge is 0.213 e. The van der Waals surface area contributed by atoms with Gasteiger partial charge < -0.3 is 5.73 Å². The van der Waals surface area contributed by atoms with E-state index in [1.54, 1.807) is 13.8 Å². The first-order valence-electron chi connectivity index (χ1n) is 4.09. The zero-order valence-corrected chi connectivity index (χ0v) is 9.06. The summed E-state index contributed by atoms with van der Waals surface area (Å²) >= 11 is 0. The van der Waals surface area contributed by atoms with Crippen molar-refractivity contribution in [3.8, 4) is 0 Å². The van der Waals surface area contributed by atoms with Gasteiger partial charge in [0.1, 0.15) is 0 Å². The summed E-state index contributed by atoms with van der Waals surface area (Å²) < 4.78 is 23.9. The molecule has 0 spiro atoms. The van der Waals surface area contributed by atoms with E-state index >= 15 is 0 Å². The molecule has 0 aromatic carbocycles. The molecule has 0 saturated heterocycles. The molecule has 0 aromatic rings. The van der Waals surface area contributed by atoms with Crippen molar-refractivity contribution in [2.45, 2.75) is 26.3 Å². The molecule has 5 nitrogen and oxygen atoms in total. The quantitative estimate of drug-likeness (QED) is 0.490. The minimum atomic E-state index is -3.16. The predicted octanol–water partition coefficient (Wildman–Crippen LogP) is -0.0175. The molecular formula is C7H17N3O2S. The Labute approximate surface area is 79.5 Å². The summed E-state index contributed by atoms with van der Waals surface area (Å²) in [7, 11) is -1.66. The Balaban J connectivity index is 4.43. The average Bonchev–Trinajstić information content (AvgIpc) is 2.01. The lowest BCUT2D eigenvalue weighted by atomic mass is 10.2. The van der Waals surface area contributed by atoms with Crippen LogP contribution in [0.3, 0.4) is 0 Å². The lowest BCUT2D eigenvalue weighted by molar-refractivity contribution is 0.396. The number of hydrogen-bond acceptors (Lipinski definition) is 3. The topological polar surface area (TPSA) is 87.2 Å². The van der Waals surface area contributed by atoms with E-state index in [-0.39, 0.29) is 24.1 Å². The van der Waals surface area contributed by atoms with E-state index in [9.17, 15) is 8.42 Å². The van der Waals surface area contributed by atoms with E-state index in [1.807, 2.05) is 0 Å². The summed E-state index contributed by atoms with van der Waals surface area (Å²) in [6, 6.07) is -0.248. The maximum Gasteiger partial charge on any atom is 0.213 e. The van der Waals surface area contributed by atoms with Crippen molar-refractivity contribution in [1.82, 2.24) is 4.31 Å². The first-order chi connectivity index (χ1) is 5.81. The van der Waals surface area contributed by atoms with E-state index in [0.29, 0.717) is 0 Å². The van der Waals surface area contributed by atoms with Crippen LogP contribution in [0.25, 0.3) is 0 Å². The van der Waals surface area contributed by atoms with Crippen LogP contribution in [-0.4, -0.2) is 37.4 Å². The monoisotopic (exact) mass is 207 g/mol. The van der Waals surface area contributed by atoms with Crippen LogP contribution in [0.1, 0.15) is 20.3 Å². The third-order valence-corrected chi connectivity index (χ3v) is 3.91. The highest BCUT2D eigenvalue weighted by molar-refractivity contribution is 7.89. The van der Waals surface area contributed by atoms with Crippen molar-refractivity contribution < 1.29 is 8.42 Å². The normalized spacial score (nSPS) is 14.5. The number of hydrogen-bond donors (Lipinski definition) is 2. The zero-order valence-electron chi connectivity index (χ0n) is 8.24. The minimum absolute atomic E-state index is 0.00523. The third kappa shape index (κ3) is 3.73. The van der Waals surface area contributed by atoms with Gasteiger partial charge >= 0.3 is 0 Å². The molecule has 13 heavy (non-hydrogen) atoms. The molecule has 0 aliphatic carbocycles. The van der Waals surface area contributed by atoms with Gasteiger partial charge in [-0.1, -0.05) is 0 Å². The molecule has 1 atom stereocenters. The Bertz CT molecular complexity index is 273. The Morgan fingerprint density at radius 2 is 2.08 bits per heavy atom. The molecule has 78 valence electrons. The number of rotatable bonds is 5. The molecule has 0 radical (unpaired) electrons. The molecule has 0 amide bonds. The van der Waals surface area contributed by atoms with Crippen molar-refractivity contribution >= 4 is 15.9 Å². The molecule has 0 fully saturated rings. The van der Waals surface area contributed by atoms with Gasteiger partial charge in [-0.15, -0.1) is 0 Å². The number of nitrogens with zero attached hydrogens (tertiary/aromatic N) is 1. The fourth-order valence-corrected chi connectivity index (χ4v) is 1.95. The second-order valence-electron chi connectivity index (χ2n) is 3.00. The Kier molecular flexibility index (Phi) is 4.35. The number of nitrogens with two attached hydrogens (primary N) is 1. The molecule has 0 heterocycles. The van der Waals surface area contributed by atoms with Gasteiger partial charge in [0.05, 0.1) is 11.6 Å². The van der Waals surface area contributed by atoms with E-state index < -0.39 is 10.0 Å². The van der Waals surface area contributed by atoms with Gasteiger partial charge in [-0.2, -0.15) is 0 Å². The highest BCUT2D eigenvalue weighted by atomic mass is 32.2. The summed E-state index contributed by atoms with van der Waals surface area (Å²) in [5.41, 5.74) is 5.18. The number of amidine groups is 1. The summed E-state index contributed by atoms with van der Waals surface area (Å²) in [5, 5.41) is 7.04. The number of sulfonamides is 1. The first kappa shape index (κ1) is 12.4. The third-order valence-electron chi connectivity index (χ3n) is 1.94. The maximum atomic E-state index is 11.3. The van der Waals surface area contributed by atoms with Crippen molar-refractivity contribution in [3.05, 3.63) is 0 Å². The van der Waals surface area contributed by atoms with E-state index in [1.165, 1.54) is 11.4 Å². The van der Waals surface area contributed by atoms with Crippen LogP contribution >= 0.6 is 0 Å². The molecule has 3 N–H and O–H groups in total. The molecule has 0 saturated carbocycles. The minimum Gasteiger partial charge on any atom is -0.388 e. The maximum absolute atomic E-state index is 11.3. The van der Waals surface area contributed by atoms with Crippen LogP contribution in [0.5, 0.6) is 0 Å². The molecular weight excluding hydrogens is 190 g/mol. The Morgan fingerprint density at radius 1 is 1.62 bits per heavy atom. The SMILES string of the molecule is CCS(=O)(=O)N(C)C(C)CC(=N)N. The van der Waals surface area contributed by atoms with Crippen molar-refractivity contribution in [1.29, 1.82) is 5.41 Å². The van der Waals surface area contributed by atoms with Crippen molar-refractivity contribution in [3.63, 3.8) is 0 Å². The van der Waals surface area contributed by atoms with Crippen LogP contribution in [0, 0.1) is 5.41 Å². The van der Waals surface area contributed by atoms with Gasteiger partial charge in [-0.05, 0) is 13.8 Å². The van der Waals surface area contributed by atoms with Crippen LogP contribution in [0.2, 0.25) is 0 Å². The van der Waals surface area contributed by atoms with E-state index in [0.717, 1.165) is 0 Å². The highest BCUT2D eigenvalue weighted by Gasteiger charge is 2.21. The van der Waals surface area contributed by atoms with E-state index in [2.05, 4.69) is 0 Å². The molecule has 0 aliphatic heterocycles. The predicted molar refractivity (Wildman–Crippen MR) is 53.2 cm³/mol. The van der Waals surface area contributed by atoms with Crippen molar-refractivity contribution in [2.24, 2.45) is 5.73 Å². The molecule has 1 unspecified atom stereocenters. The van der Waals surface area contributed by atoms with Gasteiger partial charge in [-0.25, -0.2) is 12.7 Å². The second kappa shape index (κ2) is 4.57. The lowest BCUT2D eigenvalue weighted by Crippen LogP contribution is -2.38. The first-order valence-corrected chi connectivity index (χ1v) is 5.70. The summed E-state index contributed by atoms with van der Waals surface area (Å²) in [6.07, 6.45) is 0.274. The van der Waals surface area contributed by atoms with Crippen LogP contribution in [0.15, 0.2) is 0 Å². The van der Waals surface area contributed by atoms with Gasteiger partial charge in [0, 0.05) is 19.5 Å². The largest absolute Gasteiger partial charge is 0.388 e. The van der Waals surface area contributed by atoms with Crippen LogP contribution in [0.4, 0.5) is 0 Å². The molecule has 6 heteroatoms. The average molecular weight is 207 g/mol. The van der Waals surface area contributed by atoms with Gasteiger partial charge in [0.15, 0.2) is 0 Å². The Morgan fingerprint density at radius 3 is 2.38 bits per heavy atom. The highest BCUT2D eigenvalue weighted by Crippen LogP contribution is 2.07. The lowest BCUT2D eigenvalue weighted by Gasteiger charge is -2.22. The number of nitrogens with one attached hydrogen (secondary N) is 1. The van der Waals surface area contributed by atoms with Crippen molar-refractivity contribution in [2.75, 3.05) is 12.8 Å². The van der Waals surface area contributed by atoms with Crippen LogP contribution < -0.4 is 5.73 Å². The molecule has 0 bridgehead atoms. The standard InChI is InChI=1S/C7H17N3O2S/c1-4-13(11,12)10(3)6(2)5-7(8)9/h6H,4-5H2,1-3H3,(H3,8,9). The second-order valence-corrected chi connectivity index (χ2v) is 5.31. The Hall–Kier alpha value is -0.620. The fourth-order valence-electron chi connectivity index (χ4n) is 0.925. The summed E-state index contributed by atoms with van der Waals surface area (Å²) in [4.78, 5) is 0. The summed E-state index contributed by atoms with van der Waals surface area (Å²) in [6.45, 7) is 3.32. The molecule has 0 aromatic heterocycles. The zero-order chi connectivity index (χ0) is 10.6. The van der Waals surface area contributed by atoms with Gasteiger partial charge in [0.25, 0.3) is 0 Å².